The van der Waals surface area contributed by atoms with Crippen LogP contribution in [-0.2, 0) is 11.2 Å². The third-order valence-corrected chi connectivity index (χ3v) is 4.57. The van der Waals surface area contributed by atoms with Crippen molar-refractivity contribution in [1.29, 1.82) is 0 Å². The molecule has 0 radical (unpaired) electrons. The van der Waals surface area contributed by atoms with Gasteiger partial charge in [-0.15, -0.1) is 24.0 Å². The first-order chi connectivity index (χ1) is 12.1. The van der Waals surface area contributed by atoms with Crippen LogP contribution >= 0.6 is 24.0 Å². The summed E-state index contributed by atoms with van der Waals surface area (Å²) >= 11 is 0. The number of halogens is 1. The van der Waals surface area contributed by atoms with E-state index in [1.807, 2.05) is 12.1 Å². The van der Waals surface area contributed by atoms with E-state index in [9.17, 15) is 9.90 Å². The van der Waals surface area contributed by atoms with Crippen LogP contribution in [0.1, 0.15) is 31.7 Å². The Morgan fingerprint density at radius 1 is 1.35 bits per heavy atom. The van der Waals surface area contributed by atoms with Gasteiger partial charge in [0, 0.05) is 39.6 Å². The molecule has 0 unspecified atom stereocenters. The number of aliphatic imine (C=N–C) groups is 1. The van der Waals surface area contributed by atoms with Crippen LogP contribution in [0.5, 0.6) is 5.75 Å². The van der Waals surface area contributed by atoms with Crippen LogP contribution in [0.25, 0.3) is 0 Å². The van der Waals surface area contributed by atoms with Crippen LogP contribution in [0.4, 0.5) is 0 Å². The molecule has 3 N–H and O–H groups in total. The van der Waals surface area contributed by atoms with E-state index in [1.54, 1.807) is 19.2 Å². The highest BCUT2D eigenvalue weighted by Crippen LogP contribution is 2.20. The fourth-order valence-electron chi connectivity index (χ4n) is 3.14. The van der Waals surface area contributed by atoms with E-state index >= 15 is 0 Å². The van der Waals surface area contributed by atoms with Crippen molar-refractivity contribution in [2.45, 2.75) is 32.6 Å². The lowest BCUT2D eigenvalue weighted by molar-refractivity contribution is -0.121. The minimum atomic E-state index is 0. The predicted octanol–water partition coefficient (Wildman–Crippen LogP) is 2.37. The maximum absolute atomic E-state index is 11.5. The Bertz CT molecular complexity index is 587. The van der Waals surface area contributed by atoms with Crippen molar-refractivity contribution >= 4 is 35.8 Å². The molecule has 1 heterocycles. The van der Waals surface area contributed by atoms with E-state index in [1.165, 1.54) is 0 Å². The van der Waals surface area contributed by atoms with E-state index in [0.717, 1.165) is 50.4 Å². The van der Waals surface area contributed by atoms with E-state index in [2.05, 4.69) is 22.5 Å². The molecule has 1 saturated heterocycles. The zero-order valence-electron chi connectivity index (χ0n) is 15.7. The highest BCUT2D eigenvalue weighted by molar-refractivity contribution is 14.0. The Balaban J connectivity index is 0.00000338. The summed E-state index contributed by atoms with van der Waals surface area (Å²) in [6.07, 6.45) is 3.46. The second-order valence-corrected chi connectivity index (χ2v) is 6.46. The Morgan fingerprint density at radius 3 is 2.69 bits per heavy atom. The summed E-state index contributed by atoms with van der Waals surface area (Å²) in [6, 6.07) is 7.33. The van der Waals surface area contributed by atoms with Crippen molar-refractivity contribution in [3.05, 3.63) is 29.8 Å². The number of nitrogens with zero attached hydrogens (tertiary/aromatic N) is 2. The Morgan fingerprint density at radius 2 is 2.08 bits per heavy atom. The average molecular weight is 474 g/mol. The van der Waals surface area contributed by atoms with E-state index in [0.29, 0.717) is 24.6 Å². The maximum Gasteiger partial charge on any atom is 0.220 e. The number of piperidine rings is 1. The average Bonchev–Trinajstić information content (AvgIpc) is 2.62. The Kier molecular flexibility index (Phi) is 10.4. The SMILES string of the molecule is CCNC(=NCCc1cccc(O)c1)N1CCC(CC(=O)NC)CC1.I. The highest BCUT2D eigenvalue weighted by Gasteiger charge is 2.22. The molecule has 1 aliphatic rings. The van der Waals surface area contributed by atoms with E-state index < -0.39 is 0 Å². The molecule has 0 atom stereocenters. The molecule has 1 fully saturated rings. The summed E-state index contributed by atoms with van der Waals surface area (Å²) in [4.78, 5) is 18.5. The van der Waals surface area contributed by atoms with Gasteiger partial charge in [-0.25, -0.2) is 0 Å². The number of phenols is 1. The molecule has 7 heteroatoms. The van der Waals surface area contributed by atoms with Gasteiger partial charge in [-0.3, -0.25) is 9.79 Å². The van der Waals surface area contributed by atoms with Crippen LogP contribution in [0.2, 0.25) is 0 Å². The summed E-state index contributed by atoms with van der Waals surface area (Å²) < 4.78 is 0. The quantitative estimate of drug-likeness (QED) is 0.336. The molecule has 0 bridgehead atoms. The highest BCUT2D eigenvalue weighted by atomic mass is 127. The number of likely N-dealkylation sites (tertiary alicyclic amines) is 1. The minimum Gasteiger partial charge on any atom is -0.508 e. The lowest BCUT2D eigenvalue weighted by atomic mass is 9.93. The number of hydrogen-bond acceptors (Lipinski definition) is 3. The number of aromatic hydroxyl groups is 1. The molecule has 26 heavy (non-hydrogen) atoms. The maximum atomic E-state index is 11.5. The number of phenolic OH excluding ortho intramolecular Hbond substituents is 1. The van der Waals surface area contributed by atoms with Crippen LogP contribution in [0.3, 0.4) is 0 Å². The molecular weight excluding hydrogens is 443 g/mol. The second-order valence-electron chi connectivity index (χ2n) is 6.46. The van der Waals surface area contributed by atoms with E-state index in [-0.39, 0.29) is 29.9 Å². The van der Waals surface area contributed by atoms with Gasteiger partial charge >= 0.3 is 0 Å². The number of benzene rings is 1. The third-order valence-electron chi connectivity index (χ3n) is 4.57. The van der Waals surface area contributed by atoms with Crippen molar-refractivity contribution in [2.75, 3.05) is 33.2 Å². The summed E-state index contributed by atoms with van der Waals surface area (Å²) in [7, 11) is 1.69. The summed E-state index contributed by atoms with van der Waals surface area (Å²) in [6.45, 7) is 5.45. The minimum absolute atomic E-state index is 0. The van der Waals surface area contributed by atoms with Gasteiger partial charge < -0.3 is 20.6 Å². The fraction of sp³-hybridized carbons (Fsp3) is 0.579. The standard InChI is InChI=1S/C19H30N4O2.HI/c1-3-21-19(22-10-7-15-5-4-6-17(24)13-15)23-11-8-16(9-12-23)14-18(25)20-2;/h4-6,13,16,24H,3,7-12,14H2,1-2H3,(H,20,25)(H,21,22);1H. The third kappa shape index (κ3) is 7.39. The van der Waals surface area contributed by atoms with Crippen molar-refractivity contribution in [3.63, 3.8) is 0 Å². The Hall–Kier alpha value is -1.51. The van der Waals surface area contributed by atoms with E-state index in [4.69, 9.17) is 4.99 Å². The van der Waals surface area contributed by atoms with Crippen LogP contribution in [0, 0.1) is 5.92 Å². The number of guanidine groups is 1. The summed E-state index contributed by atoms with van der Waals surface area (Å²) in [5.41, 5.74) is 1.09. The largest absolute Gasteiger partial charge is 0.508 e. The molecule has 1 aliphatic heterocycles. The summed E-state index contributed by atoms with van der Waals surface area (Å²) in [5, 5.41) is 15.6. The topological polar surface area (TPSA) is 77.0 Å². The lowest BCUT2D eigenvalue weighted by Gasteiger charge is -2.34. The van der Waals surface area contributed by atoms with Crippen LogP contribution in [0.15, 0.2) is 29.3 Å². The van der Waals surface area contributed by atoms with Gasteiger partial charge in [0.15, 0.2) is 5.96 Å². The second kappa shape index (κ2) is 12.0. The van der Waals surface area contributed by atoms with Gasteiger partial charge in [-0.05, 0) is 49.8 Å². The van der Waals surface area contributed by atoms with Gasteiger partial charge in [0.25, 0.3) is 0 Å². The smallest absolute Gasteiger partial charge is 0.220 e. The zero-order valence-corrected chi connectivity index (χ0v) is 18.0. The number of hydrogen-bond donors (Lipinski definition) is 3. The molecule has 146 valence electrons. The van der Waals surface area contributed by atoms with Crippen molar-refractivity contribution < 1.29 is 9.90 Å². The van der Waals surface area contributed by atoms with Gasteiger partial charge in [0.05, 0.1) is 0 Å². The van der Waals surface area contributed by atoms with Gasteiger partial charge in [0.1, 0.15) is 5.75 Å². The molecule has 2 rings (SSSR count). The number of carbonyl (C=O) groups is 1. The van der Waals surface area contributed by atoms with Crippen LogP contribution in [-0.4, -0.2) is 55.1 Å². The molecule has 1 aromatic carbocycles. The van der Waals surface area contributed by atoms with Crippen LogP contribution < -0.4 is 10.6 Å². The fourth-order valence-corrected chi connectivity index (χ4v) is 3.14. The Labute approximate surface area is 173 Å². The molecule has 0 saturated carbocycles. The van der Waals surface area contributed by atoms with Gasteiger partial charge in [-0.2, -0.15) is 0 Å². The van der Waals surface area contributed by atoms with Crippen molar-refractivity contribution in [2.24, 2.45) is 10.9 Å². The summed E-state index contributed by atoms with van der Waals surface area (Å²) in [5.74, 6) is 1.84. The van der Waals surface area contributed by atoms with Gasteiger partial charge in [0.2, 0.25) is 5.91 Å². The number of amides is 1. The molecule has 0 spiro atoms. The molecule has 0 aromatic heterocycles. The number of carbonyl (C=O) groups excluding carboxylic acids is 1. The molecule has 1 aromatic rings. The first-order valence-corrected chi connectivity index (χ1v) is 9.14. The molecule has 1 amide bonds. The predicted molar refractivity (Wildman–Crippen MR) is 116 cm³/mol. The van der Waals surface area contributed by atoms with Gasteiger partial charge in [-0.1, -0.05) is 12.1 Å². The zero-order chi connectivity index (χ0) is 18.1. The normalized spacial score (nSPS) is 15.3. The van der Waals surface area contributed by atoms with Crippen molar-refractivity contribution in [1.82, 2.24) is 15.5 Å². The number of nitrogens with one attached hydrogen (secondary N) is 2. The first kappa shape index (κ1) is 22.5. The van der Waals surface area contributed by atoms with Crippen molar-refractivity contribution in [3.8, 4) is 5.75 Å². The monoisotopic (exact) mass is 474 g/mol. The molecular formula is C19H31IN4O2. The molecule has 6 nitrogen and oxygen atoms in total. The number of rotatable bonds is 6. The lowest BCUT2D eigenvalue weighted by Crippen LogP contribution is -2.46. The first-order valence-electron chi connectivity index (χ1n) is 9.14. The molecule has 0 aliphatic carbocycles.